The van der Waals surface area contributed by atoms with E-state index in [1.807, 2.05) is 6.92 Å². The van der Waals surface area contributed by atoms with Crippen LogP contribution in [0, 0.1) is 0 Å². The van der Waals surface area contributed by atoms with E-state index in [0.29, 0.717) is 0 Å². The van der Waals surface area contributed by atoms with Crippen LogP contribution in [0.15, 0.2) is 35.9 Å². The molecule has 0 aliphatic heterocycles. The van der Waals surface area contributed by atoms with E-state index in [1.54, 1.807) is 7.11 Å². The summed E-state index contributed by atoms with van der Waals surface area (Å²) >= 11 is 0. The number of carboxylic acids is 1. The lowest BCUT2D eigenvalue weighted by atomic mass is 9.63. The summed E-state index contributed by atoms with van der Waals surface area (Å²) in [6.45, 7) is 11.2. The molecule has 3 nitrogen and oxygen atoms in total. The van der Waals surface area contributed by atoms with Crippen LogP contribution in [0.4, 0.5) is 0 Å². The highest BCUT2D eigenvalue weighted by atomic mass is 16.5. The number of benzene rings is 1. The molecule has 0 amide bonds. The molecule has 0 saturated carbocycles. The zero-order valence-corrected chi connectivity index (χ0v) is 17.5. The lowest BCUT2D eigenvalue weighted by Crippen LogP contribution is -2.33. The molecule has 1 unspecified atom stereocenters. The minimum atomic E-state index is -0.927. The van der Waals surface area contributed by atoms with Gasteiger partial charge >= 0.3 is 5.97 Å². The smallest absolute Gasteiger partial charge is 0.328 e. The van der Waals surface area contributed by atoms with Crippen molar-refractivity contribution in [2.75, 3.05) is 7.11 Å². The van der Waals surface area contributed by atoms with Crippen molar-refractivity contribution in [1.29, 1.82) is 0 Å². The van der Waals surface area contributed by atoms with E-state index in [-0.39, 0.29) is 10.8 Å². The van der Waals surface area contributed by atoms with Crippen molar-refractivity contribution < 1.29 is 14.6 Å². The van der Waals surface area contributed by atoms with Gasteiger partial charge in [0.05, 0.1) is 0 Å². The third-order valence-electron chi connectivity index (χ3n) is 6.77. The van der Waals surface area contributed by atoms with E-state index in [4.69, 9.17) is 9.84 Å². The van der Waals surface area contributed by atoms with Crippen LogP contribution in [0.25, 0.3) is 5.57 Å². The first-order valence-electron chi connectivity index (χ1n) is 9.85. The Balaban J connectivity index is 2.05. The quantitative estimate of drug-likeness (QED) is 0.701. The number of hydrogen-bond donors (Lipinski definition) is 1. The molecule has 146 valence electrons. The molecule has 27 heavy (non-hydrogen) atoms. The Hall–Kier alpha value is -1.87. The van der Waals surface area contributed by atoms with Crippen LogP contribution in [0.1, 0.15) is 77.0 Å². The SMILES string of the molecule is COC1(C(C)=CC(=O)O)C=C(c2ccc3c(c2)C(C)(C)CCC3(C)C)CC1. The molecule has 1 N–H and O–H groups in total. The van der Waals surface area contributed by atoms with Gasteiger partial charge in [-0.2, -0.15) is 0 Å². The number of allylic oxidation sites excluding steroid dienone is 1. The van der Waals surface area contributed by atoms with Crippen molar-refractivity contribution in [2.24, 2.45) is 0 Å². The summed E-state index contributed by atoms with van der Waals surface area (Å²) in [6, 6.07) is 6.90. The van der Waals surface area contributed by atoms with Gasteiger partial charge in [0.1, 0.15) is 5.60 Å². The van der Waals surface area contributed by atoms with E-state index in [0.717, 1.165) is 18.4 Å². The van der Waals surface area contributed by atoms with Crippen molar-refractivity contribution in [1.82, 2.24) is 0 Å². The molecule has 0 aromatic heterocycles. The zero-order chi connectivity index (χ0) is 20.0. The molecule has 0 saturated heterocycles. The van der Waals surface area contributed by atoms with E-state index < -0.39 is 11.6 Å². The lowest BCUT2D eigenvalue weighted by molar-refractivity contribution is -0.131. The van der Waals surface area contributed by atoms with E-state index in [1.165, 1.54) is 41.2 Å². The fourth-order valence-electron chi connectivity index (χ4n) is 4.70. The van der Waals surface area contributed by atoms with Gasteiger partial charge in [-0.25, -0.2) is 4.79 Å². The van der Waals surface area contributed by atoms with Gasteiger partial charge in [-0.15, -0.1) is 0 Å². The van der Waals surface area contributed by atoms with Crippen molar-refractivity contribution in [3.8, 4) is 0 Å². The monoisotopic (exact) mass is 368 g/mol. The maximum Gasteiger partial charge on any atom is 0.328 e. The summed E-state index contributed by atoms with van der Waals surface area (Å²) < 4.78 is 5.79. The third-order valence-corrected chi connectivity index (χ3v) is 6.77. The number of carbonyl (C=O) groups is 1. The summed E-state index contributed by atoms with van der Waals surface area (Å²) in [5.41, 5.74) is 5.91. The Morgan fingerprint density at radius 2 is 1.70 bits per heavy atom. The van der Waals surface area contributed by atoms with Crippen molar-refractivity contribution >= 4 is 11.5 Å². The average molecular weight is 369 g/mol. The van der Waals surface area contributed by atoms with Gasteiger partial charge < -0.3 is 9.84 Å². The van der Waals surface area contributed by atoms with Gasteiger partial charge in [0, 0.05) is 13.2 Å². The standard InChI is InChI=1S/C24H32O3/c1-16(13-21(25)26)24(27-6)10-9-18(15-24)17-7-8-19-20(14-17)23(4,5)12-11-22(19,2)3/h7-8,13-15H,9-12H2,1-6H3,(H,25,26). The van der Waals surface area contributed by atoms with Gasteiger partial charge in [0.25, 0.3) is 0 Å². The molecule has 0 spiro atoms. The maximum absolute atomic E-state index is 11.1. The fourth-order valence-corrected chi connectivity index (χ4v) is 4.70. The van der Waals surface area contributed by atoms with Crippen molar-refractivity contribution in [3.63, 3.8) is 0 Å². The summed E-state index contributed by atoms with van der Waals surface area (Å²) in [7, 11) is 1.66. The first-order valence-corrected chi connectivity index (χ1v) is 9.85. The van der Waals surface area contributed by atoms with Gasteiger partial charge in [-0.1, -0.05) is 45.9 Å². The normalized spacial score (nSPS) is 26.4. The Kier molecular flexibility index (Phi) is 4.88. The highest BCUT2D eigenvalue weighted by Gasteiger charge is 2.39. The minimum absolute atomic E-state index is 0.178. The van der Waals surface area contributed by atoms with Crippen LogP contribution in [0.2, 0.25) is 0 Å². The lowest BCUT2D eigenvalue weighted by Gasteiger charge is -2.42. The molecule has 2 aliphatic carbocycles. The highest BCUT2D eigenvalue weighted by Crippen LogP contribution is 2.48. The number of hydrogen-bond acceptors (Lipinski definition) is 2. The molecule has 0 fully saturated rings. The van der Waals surface area contributed by atoms with E-state index >= 15 is 0 Å². The van der Waals surface area contributed by atoms with Gasteiger partial charge in [0.2, 0.25) is 0 Å². The minimum Gasteiger partial charge on any atom is -0.478 e. The van der Waals surface area contributed by atoms with Crippen LogP contribution in [-0.2, 0) is 20.4 Å². The second-order valence-corrected chi connectivity index (χ2v) is 9.46. The number of ether oxygens (including phenoxy) is 1. The van der Waals surface area contributed by atoms with Gasteiger partial charge in [0.15, 0.2) is 0 Å². The van der Waals surface area contributed by atoms with Crippen LogP contribution >= 0.6 is 0 Å². The summed E-state index contributed by atoms with van der Waals surface area (Å²) in [5.74, 6) is -0.927. The number of methoxy groups -OCH3 is 1. The Labute approximate surface area is 163 Å². The predicted octanol–water partition coefficient (Wildman–Crippen LogP) is 5.63. The third kappa shape index (κ3) is 3.50. The number of aliphatic carboxylic acids is 1. The van der Waals surface area contributed by atoms with Gasteiger partial charge in [-0.05, 0) is 77.3 Å². The second-order valence-electron chi connectivity index (χ2n) is 9.46. The summed E-state index contributed by atoms with van der Waals surface area (Å²) in [6.07, 6.45) is 7.46. The van der Waals surface area contributed by atoms with Crippen molar-refractivity contribution in [3.05, 3.63) is 52.6 Å². The van der Waals surface area contributed by atoms with Crippen LogP contribution < -0.4 is 0 Å². The molecule has 1 atom stereocenters. The Bertz CT molecular complexity index is 826. The topological polar surface area (TPSA) is 46.5 Å². The fraction of sp³-hybridized carbons (Fsp3) is 0.542. The molecule has 3 heteroatoms. The van der Waals surface area contributed by atoms with Gasteiger partial charge in [-0.3, -0.25) is 0 Å². The molecule has 1 aromatic rings. The molecule has 0 bridgehead atoms. The molecular weight excluding hydrogens is 336 g/mol. The van der Waals surface area contributed by atoms with E-state index in [2.05, 4.69) is 52.0 Å². The largest absolute Gasteiger partial charge is 0.478 e. The first-order chi connectivity index (χ1) is 12.5. The molecule has 0 radical (unpaired) electrons. The summed E-state index contributed by atoms with van der Waals surface area (Å²) in [4.78, 5) is 11.1. The number of carboxylic acid groups (broad SMARTS) is 1. The van der Waals surface area contributed by atoms with Crippen LogP contribution in [0.5, 0.6) is 0 Å². The van der Waals surface area contributed by atoms with Crippen LogP contribution in [0.3, 0.4) is 0 Å². The Morgan fingerprint density at radius 1 is 1.07 bits per heavy atom. The predicted molar refractivity (Wildman–Crippen MR) is 110 cm³/mol. The van der Waals surface area contributed by atoms with Crippen molar-refractivity contribution in [2.45, 2.75) is 76.7 Å². The average Bonchev–Trinajstić information content (AvgIpc) is 3.04. The zero-order valence-electron chi connectivity index (χ0n) is 17.5. The second kappa shape index (κ2) is 6.63. The molecule has 1 aromatic carbocycles. The number of rotatable bonds is 4. The maximum atomic E-state index is 11.1. The molecule has 2 aliphatic rings. The molecule has 0 heterocycles. The molecule has 3 rings (SSSR count). The van der Waals surface area contributed by atoms with E-state index in [9.17, 15) is 4.79 Å². The first kappa shape index (κ1) is 19.9. The highest BCUT2D eigenvalue weighted by molar-refractivity contribution is 5.82. The van der Waals surface area contributed by atoms with Crippen LogP contribution in [-0.4, -0.2) is 23.8 Å². The Morgan fingerprint density at radius 3 is 2.30 bits per heavy atom. The summed E-state index contributed by atoms with van der Waals surface area (Å²) in [5, 5.41) is 9.12. The number of fused-ring (bicyclic) bond motifs is 1. The molecular formula is C24H32O3.